The summed E-state index contributed by atoms with van der Waals surface area (Å²) in [6.07, 6.45) is 8.95. The van der Waals surface area contributed by atoms with Crippen LogP contribution in [0, 0.1) is 0 Å². The largest absolute Gasteiger partial charge is 0.440 e. The van der Waals surface area contributed by atoms with Crippen LogP contribution in [0.25, 0.3) is 0 Å². The molecule has 3 heterocycles. The molecule has 126 valence electrons. The molecule has 1 aromatic rings. The van der Waals surface area contributed by atoms with Crippen molar-refractivity contribution in [2.24, 2.45) is 5.10 Å². The topological polar surface area (TPSA) is 61.1 Å². The highest BCUT2D eigenvalue weighted by Gasteiger charge is 2.14. The third-order valence-corrected chi connectivity index (χ3v) is 4.48. The van der Waals surface area contributed by atoms with Crippen LogP contribution in [0.2, 0.25) is 0 Å². The van der Waals surface area contributed by atoms with Gasteiger partial charge in [0.1, 0.15) is 5.76 Å². The first-order valence-corrected chi connectivity index (χ1v) is 8.70. The molecular weight excluding hydrogens is 292 g/mol. The molecule has 0 aliphatic carbocycles. The fraction of sp³-hybridized carbons (Fsp3) is 0.647. The number of likely N-dealkylation sites (tertiary alicyclic amines) is 1. The van der Waals surface area contributed by atoms with Gasteiger partial charge in [-0.25, -0.2) is 5.43 Å². The summed E-state index contributed by atoms with van der Waals surface area (Å²) in [5, 5.41) is 4.00. The van der Waals surface area contributed by atoms with E-state index in [1.807, 2.05) is 12.1 Å². The average molecular weight is 318 g/mol. The Morgan fingerprint density at radius 2 is 1.78 bits per heavy atom. The zero-order valence-corrected chi connectivity index (χ0v) is 13.7. The van der Waals surface area contributed by atoms with Gasteiger partial charge in [0.15, 0.2) is 5.88 Å². The third-order valence-electron chi connectivity index (χ3n) is 4.48. The van der Waals surface area contributed by atoms with Crippen LogP contribution in [-0.4, -0.2) is 49.7 Å². The molecule has 23 heavy (non-hydrogen) atoms. The highest BCUT2D eigenvalue weighted by molar-refractivity contribution is 5.81. The Bertz CT molecular complexity index is 528. The molecule has 2 fully saturated rings. The molecule has 2 aliphatic heterocycles. The van der Waals surface area contributed by atoms with Crippen molar-refractivity contribution in [1.29, 1.82) is 0 Å². The third kappa shape index (κ3) is 4.82. The molecule has 3 rings (SSSR count). The van der Waals surface area contributed by atoms with Gasteiger partial charge in [0.05, 0.1) is 12.8 Å². The van der Waals surface area contributed by atoms with Crippen molar-refractivity contribution in [3.05, 3.63) is 17.9 Å². The van der Waals surface area contributed by atoms with Crippen LogP contribution >= 0.6 is 0 Å². The standard InChI is InChI=1S/C17H26N4O2/c22-16(14-20-9-3-1-4-10-20)19-18-13-15-7-8-17(23-15)21-11-5-2-6-12-21/h7-8,13H,1-6,9-12,14H2,(H,19,22)/b18-13-. The van der Waals surface area contributed by atoms with E-state index >= 15 is 0 Å². The van der Waals surface area contributed by atoms with E-state index in [1.54, 1.807) is 6.21 Å². The van der Waals surface area contributed by atoms with Gasteiger partial charge in [0, 0.05) is 19.2 Å². The normalized spacial score (nSPS) is 20.1. The molecule has 0 atom stereocenters. The van der Waals surface area contributed by atoms with Gasteiger partial charge < -0.3 is 9.32 Å². The number of piperidine rings is 2. The molecule has 2 saturated heterocycles. The SMILES string of the molecule is O=C(CN1CCCCC1)N/N=C\c1ccc(N2CCCCC2)o1. The summed E-state index contributed by atoms with van der Waals surface area (Å²) in [5.74, 6) is 1.50. The van der Waals surface area contributed by atoms with Gasteiger partial charge in [-0.2, -0.15) is 5.10 Å². The van der Waals surface area contributed by atoms with Gasteiger partial charge in [-0.05, 0) is 51.3 Å². The summed E-state index contributed by atoms with van der Waals surface area (Å²) < 4.78 is 5.77. The molecule has 6 heteroatoms. The Labute approximate surface area is 137 Å². The molecule has 0 aromatic carbocycles. The smallest absolute Gasteiger partial charge is 0.254 e. The summed E-state index contributed by atoms with van der Waals surface area (Å²) >= 11 is 0. The van der Waals surface area contributed by atoms with Gasteiger partial charge in [-0.1, -0.05) is 6.42 Å². The Hall–Kier alpha value is -1.82. The van der Waals surface area contributed by atoms with Crippen LogP contribution in [0.3, 0.4) is 0 Å². The number of carbonyl (C=O) groups is 1. The quantitative estimate of drug-likeness (QED) is 0.668. The molecule has 0 radical (unpaired) electrons. The fourth-order valence-electron chi connectivity index (χ4n) is 3.22. The summed E-state index contributed by atoms with van der Waals surface area (Å²) in [4.78, 5) is 16.3. The number of amides is 1. The number of nitrogens with zero attached hydrogens (tertiary/aromatic N) is 3. The van der Waals surface area contributed by atoms with Crippen molar-refractivity contribution in [2.75, 3.05) is 37.6 Å². The van der Waals surface area contributed by atoms with Gasteiger partial charge >= 0.3 is 0 Å². The van der Waals surface area contributed by atoms with Gasteiger partial charge in [-0.15, -0.1) is 0 Å². The minimum atomic E-state index is -0.0639. The second kappa shape index (κ2) is 8.15. The van der Waals surface area contributed by atoms with E-state index in [2.05, 4.69) is 20.3 Å². The number of carbonyl (C=O) groups excluding carboxylic acids is 1. The van der Waals surface area contributed by atoms with Crippen molar-refractivity contribution < 1.29 is 9.21 Å². The number of hydrazone groups is 1. The number of hydrogen-bond donors (Lipinski definition) is 1. The molecule has 0 unspecified atom stereocenters. The number of furan rings is 1. The van der Waals surface area contributed by atoms with Gasteiger partial charge in [-0.3, -0.25) is 9.69 Å². The molecule has 0 spiro atoms. The molecule has 0 saturated carbocycles. The van der Waals surface area contributed by atoms with Crippen molar-refractivity contribution in [3.63, 3.8) is 0 Å². The molecule has 1 amide bonds. The number of hydrogen-bond acceptors (Lipinski definition) is 5. The van der Waals surface area contributed by atoms with Crippen molar-refractivity contribution in [1.82, 2.24) is 10.3 Å². The van der Waals surface area contributed by atoms with E-state index in [-0.39, 0.29) is 5.91 Å². The Morgan fingerprint density at radius 3 is 2.52 bits per heavy atom. The summed E-state index contributed by atoms with van der Waals surface area (Å²) in [7, 11) is 0. The van der Waals surface area contributed by atoms with E-state index in [0.29, 0.717) is 12.3 Å². The maximum atomic E-state index is 11.8. The van der Waals surface area contributed by atoms with Crippen LogP contribution in [0.1, 0.15) is 44.3 Å². The lowest BCUT2D eigenvalue weighted by Gasteiger charge is -2.25. The zero-order valence-electron chi connectivity index (χ0n) is 13.7. The molecular formula is C17H26N4O2. The lowest BCUT2D eigenvalue weighted by molar-refractivity contribution is -0.122. The predicted octanol–water partition coefficient (Wildman–Crippen LogP) is 2.21. The number of rotatable bonds is 5. The Morgan fingerprint density at radius 1 is 1.09 bits per heavy atom. The van der Waals surface area contributed by atoms with Gasteiger partial charge in [0.25, 0.3) is 5.91 Å². The zero-order chi connectivity index (χ0) is 15.9. The Balaban J connectivity index is 1.44. The average Bonchev–Trinajstić information content (AvgIpc) is 3.05. The number of nitrogens with one attached hydrogen (secondary N) is 1. The first-order valence-electron chi connectivity index (χ1n) is 8.70. The molecule has 1 N–H and O–H groups in total. The summed E-state index contributed by atoms with van der Waals surface area (Å²) in [6, 6.07) is 3.87. The predicted molar refractivity (Wildman–Crippen MR) is 90.8 cm³/mol. The highest BCUT2D eigenvalue weighted by Crippen LogP contribution is 2.21. The van der Waals surface area contributed by atoms with E-state index in [1.165, 1.54) is 38.5 Å². The highest BCUT2D eigenvalue weighted by atomic mass is 16.4. The lowest BCUT2D eigenvalue weighted by Crippen LogP contribution is -2.38. The monoisotopic (exact) mass is 318 g/mol. The second-order valence-electron chi connectivity index (χ2n) is 6.35. The van der Waals surface area contributed by atoms with E-state index in [9.17, 15) is 4.79 Å². The maximum absolute atomic E-state index is 11.8. The molecule has 1 aromatic heterocycles. The van der Waals surface area contributed by atoms with Crippen LogP contribution in [0.5, 0.6) is 0 Å². The van der Waals surface area contributed by atoms with Crippen LogP contribution in [0.4, 0.5) is 5.88 Å². The summed E-state index contributed by atoms with van der Waals surface area (Å²) in [6.45, 7) is 4.55. The summed E-state index contributed by atoms with van der Waals surface area (Å²) in [5.41, 5.74) is 2.58. The van der Waals surface area contributed by atoms with Crippen molar-refractivity contribution in [3.8, 4) is 0 Å². The van der Waals surface area contributed by atoms with E-state index < -0.39 is 0 Å². The van der Waals surface area contributed by atoms with E-state index in [4.69, 9.17) is 4.42 Å². The van der Waals surface area contributed by atoms with Crippen LogP contribution < -0.4 is 10.3 Å². The lowest BCUT2D eigenvalue weighted by atomic mass is 10.1. The van der Waals surface area contributed by atoms with Crippen LogP contribution in [0.15, 0.2) is 21.7 Å². The molecule has 0 bridgehead atoms. The van der Waals surface area contributed by atoms with E-state index in [0.717, 1.165) is 32.1 Å². The van der Waals surface area contributed by atoms with Crippen LogP contribution in [-0.2, 0) is 4.79 Å². The van der Waals surface area contributed by atoms with Crippen molar-refractivity contribution >= 4 is 18.0 Å². The maximum Gasteiger partial charge on any atom is 0.254 e. The van der Waals surface area contributed by atoms with Gasteiger partial charge in [0.2, 0.25) is 0 Å². The number of anilines is 1. The minimum Gasteiger partial charge on any atom is -0.440 e. The second-order valence-corrected chi connectivity index (χ2v) is 6.35. The minimum absolute atomic E-state index is 0.0639. The molecule has 6 nitrogen and oxygen atoms in total. The Kier molecular flexibility index (Phi) is 5.69. The first kappa shape index (κ1) is 16.1. The van der Waals surface area contributed by atoms with Crippen molar-refractivity contribution in [2.45, 2.75) is 38.5 Å². The first-order chi connectivity index (χ1) is 11.3. The molecule has 2 aliphatic rings. The fourth-order valence-corrected chi connectivity index (χ4v) is 3.22.